The average molecular weight is 381 g/mol. The van der Waals surface area contributed by atoms with Gasteiger partial charge in [0.25, 0.3) is 5.91 Å². The van der Waals surface area contributed by atoms with Gasteiger partial charge in [-0.25, -0.2) is 9.18 Å². The molecular formula is C18H18ClFN2O4. The molecule has 2 aromatic carbocycles. The van der Waals surface area contributed by atoms with Gasteiger partial charge in [-0.05, 0) is 37.3 Å². The first-order valence-corrected chi connectivity index (χ1v) is 8.21. The predicted molar refractivity (Wildman–Crippen MR) is 96.9 cm³/mol. The Balaban J connectivity index is 2.03. The Labute approximate surface area is 154 Å². The molecule has 0 bridgehead atoms. The normalized spacial score (nSPS) is 11.5. The summed E-state index contributed by atoms with van der Waals surface area (Å²) in [7, 11) is 0. The zero-order valence-electron chi connectivity index (χ0n) is 14.0. The molecule has 0 saturated carbocycles. The first-order valence-electron chi connectivity index (χ1n) is 7.83. The van der Waals surface area contributed by atoms with Crippen LogP contribution < -0.4 is 10.6 Å². The number of nitrogens with one attached hydrogen (secondary N) is 2. The van der Waals surface area contributed by atoms with Crippen molar-refractivity contribution in [3.63, 3.8) is 0 Å². The molecule has 26 heavy (non-hydrogen) atoms. The summed E-state index contributed by atoms with van der Waals surface area (Å²) in [5.41, 5.74) is 0.633. The van der Waals surface area contributed by atoms with Gasteiger partial charge in [0, 0.05) is 17.3 Å². The number of hydrogen-bond donors (Lipinski definition) is 3. The minimum atomic E-state index is -1.15. The molecule has 0 unspecified atom stereocenters. The lowest BCUT2D eigenvalue weighted by atomic mass is 10.1. The molecule has 0 spiro atoms. The Bertz CT molecular complexity index is 801. The van der Waals surface area contributed by atoms with E-state index in [1.54, 1.807) is 18.2 Å². The van der Waals surface area contributed by atoms with Crippen molar-refractivity contribution in [3.05, 3.63) is 58.9 Å². The molecule has 138 valence electrons. The van der Waals surface area contributed by atoms with Crippen LogP contribution in [-0.2, 0) is 9.53 Å². The maximum atomic E-state index is 13.7. The maximum Gasteiger partial charge on any atom is 0.341 e. The van der Waals surface area contributed by atoms with E-state index in [-0.39, 0.29) is 29.4 Å². The summed E-state index contributed by atoms with van der Waals surface area (Å²) < 4.78 is 18.9. The number of esters is 1. The second-order valence-corrected chi connectivity index (χ2v) is 5.79. The Kier molecular flexibility index (Phi) is 6.94. The predicted octanol–water partition coefficient (Wildman–Crippen LogP) is 3.07. The van der Waals surface area contributed by atoms with Crippen molar-refractivity contribution in [2.75, 3.05) is 23.8 Å². The molecule has 0 aromatic heterocycles. The van der Waals surface area contributed by atoms with Crippen LogP contribution in [0.4, 0.5) is 15.8 Å². The number of carbonyl (C=O) groups is 2. The minimum Gasteiger partial charge on any atom is -0.449 e. The lowest BCUT2D eigenvalue weighted by molar-refractivity contribution is -0.123. The first kappa shape index (κ1) is 19.7. The Morgan fingerprint density at radius 3 is 2.65 bits per heavy atom. The first-order chi connectivity index (χ1) is 12.4. The van der Waals surface area contributed by atoms with E-state index in [9.17, 15) is 14.0 Å². The molecule has 0 aliphatic heterocycles. The van der Waals surface area contributed by atoms with Gasteiger partial charge in [-0.15, -0.1) is 0 Å². The van der Waals surface area contributed by atoms with E-state index >= 15 is 0 Å². The van der Waals surface area contributed by atoms with Gasteiger partial charge in [-0.3, -0.25) is 4.79 Å². The third-order valence-electron chi connectivity index (χ3n) is 3.42. The highest BCUT2D eigenvalue weighted by molar-refractivity contribution is 6.30. The molecule has 0 radical (unpaired) electrons. The molecule has 0 fully saturated rings. The van der Waals surface area contributed by atoms with Crippen molar-refractivity contribution in [2.45, 2.75) is 13.0 Å². The van der Waals surface area contributed by atoms with Crippen LogP contribution in [0.15, 0.2) is 42.5 Å². The number of para-hydroxylation sites is 1. The number of halogens is 2. The topological polar surface area (TPSA) is 87.7 Å². The number of carbonyl (C=O) groups excluding carboxylic acids is 2. The monoisotopic (exact) mass is 380 g/mol. The number of anilines is 2. The van der Waals surface area contributed by atoms with E-state index in [1.807, 2.05) is 0 Å². The van der Waals surface area contributed by atoms with E-state index in [2.05, 4.69) is 10.6 Å². The lowest BCUT2D eigenvalue weighted by Crippen LogP contribution is -2.30. The van der Waals surface area contributed by atoms with Crippen molar-refractivity contribution in [2.24, 2.45) is 0 Å². The molecule has 0 heterocycles. The van der Waals surface area contributed by atoms with Crippen LogP contribution in [0.25, 0.3) is 0 Å². The summed E-state index contributed by atoms with van der Waals surface area (Å²) in [5, 5.41) is 14.3. The van der Waals surface area contributed by atoms with Crippen molar-refractivity contribution in [3.8, 4) is 0 Å². The molecule has 0 aliphatic rings. The summed E-state index contributed by atoms with van der Waals surface area (Å²) >= 11 is 5.66. The van der Waals surface area contributed by atoms with Crippen LogP contribution in [0.5, 0.6) is 0 Å². The van der Waals surface area contributed by atoms with E-state index in [0.29, 0.717) is 5.69 Å². The zero-order chi connectivity index (χ0) is 19.1. The van der Waals surface area contributed by atoms with Crippen LogP contribution in [0.2, 0.25) is 5.02 Å². The highest BCUT2D eigenvalue weighted by atomic mass is 35.5. The van der Waals surface area contributed by atoms with Crippen molar-refractivity contribution in [1.29, 1.82) is 0 Å². The third kappa shape index (κ3) is 5.18. The largest absolute Gasteiger partial charge is 0.449 e. The number of ether oxygens (including phenoxy) is 1. The van der Waals surface area contributed by atoms with Crippen LogP contribution in [0.1, 0.15) is 17.3 Å². The van der Waals surface area contributed by atoms with Gasteiger partial charge in [-0.2, -0.15) is 0 Å². The van der Waals surface area contributed by atoms with Gasteiger partial charge in [0.05, 0.1) is 17.9 Å². The molecule has 8 heteroatoms. The van der Waals surface area contributed by atoms with Crippen molar-refractivity contribution < 1.29 is 23.8 Å². The quantitative estimate of drug-likeness (QED) is 0.642. The Morgan fingerprint density at radius 1 is 1.23 bits per heavy atom. The molecule has 6 nitrogen and oxygen atoms in total. The number of hydrogen-bond acceptors (Lipinski definition) is 5. The molecule has 1 atom stereocenters. The molecule has 3 N–H and O–H groups in total. The van der Waals surface area contributed by atoms with Crippen LogP contribution in [0, 0.1) is 5.82 Å². The van der Waals surface area contributed by atoms with Gasteiger partial charge in [-0.1, -0.05) is 23.7 Å². The molecule has 2 rings (SSSR count). The molecule has 0 aliphatic carbocycles. The van der Waals surface area contributed by atoms with Gasteiger partial charge >= 0.3 is 5.97 Å². The second kappa shape index (κ2) is 9.17. The van der Waals surface area contributed by atoms with Crippen LogP contribution in [0.3, 0.4) is 0 Å². The van der Waals surface area contributed by atoms with E-state index in [0.717, 1.165) is 6.07 Å². The fourth-order valence-corrected chi connectivity index (χ4v) is 2.27. The fourth-order valence-electron chi connectivity index (χ4n) is 2.11. The standard InChI is InChI=1S/C18H18ClFN2O4/c1-11(17(24)22-16-7-6-12(19)10-14(16)20)26-18(25)13-4-2-3-5-15(13)21-8-9-23/h2-7,10-11,21,23H,8-9H2,1H3,(H,22,24)/t11-/m1/s1. The Hall–Kier alpha value is -2.64. The van der Waals surface area contributed by atoms with Crippen molar-refractivity contribution in [1.82, 2.24) is 0 Å². The number of rotatable bonds is 7. The van der Waals surface area contributed by atoms with E-state index < -0.39 is 23.8 Å². The van der Waals surface area contributed by atoms with Gasteiger partial charge < -0.3 is 20.5 Å². The SMILES string of the molecule is C[C@@H](OC(=O)c1ccccc1NCCO)C(=O)Nc1ccc(Cl)cc1F. The summed E-state index contributed by atoms with van der Waals surface area (Å²) in [6.45, 7) is 1.54. The lowest BCUT2D eigenvalue weighted by Gasteiger charge is -2.16. The van der Waals surface area contributed by atoms with Crippen LogP contribution >= 0.6 is 11.6 Å². The highest BCUT2D eigenvalue weighted by Crippen LogP contribution is 2.20. The highest BCUT2D eigenvalue weighted by Gasteiger charge is 2.21. The molecular weight excluding hydrogens is 363 g/mol. The third-order valence-corrected chi connectivity index (χ3v) is 3.65. The van der Waals surface area contributed by atoms with Gasteiger partial charge in [0.1, 0.15) is 5.82 Å². The molecule has 2 aromatic rings. The summed E-state index contributed by atoms with van der Waals surface area (Å²) in [5.74, 6) is -2.09. The average Bonchev–Trinajstić information content (AvgIpc) is 2.62. The Morgan fingerprint density at radius 2 is 1.96 bits per heavy atom. The van der Waals surface area contributed by atoms with E-state index in [4.69, 9.17) is 21.4 Å². The van der Waals surface area contributed by atoms with Crippen molar-refractivity contribution >= 4 is 34.9 Å². The smallest absolute Gasteiger partial charge is 0.341 e. The number of aliphatic hydroxyl groups is 1. The molecule has 0 saturated heterocycles. The van der Waals surface area contributed by atoms with Gasteiger partial charge in [0.15, 0.2) is 6.10 Å². The number of aliphatic hydroxyl groups excluding tert-OH is 1. The summed E-state index contributed by atoms with van der Waals surface area (Å²) in [6, 6.07) is 10.4. The zero-order valence-corrected chi connectivity index (χ0v) is 14.7. The van der Waals surface area contributed by atoms with E-state index in [1.165, 1.54) is 25.1 Å². The maximum absolute atomic E-state index is 13.7. The number of amides is 1. The van der Waals surface area contributed by atoms with Crippen LogP contribution in [-0.4, -0.2) is 36.2 Å². The minimum absolute atomic E-state index is 0.0627. The van der Waals surface area contributed by atoms with Gasteiger partial charge in [0.2, 0.25) is 0 Å². The number of benzene rings is 2. The molecule has 1 amide bonds. The summed E-state index contributed by atoms with van der Waals surface area (Å²) in [4.78, 5) is 24.4. The fraction of sp³-hybridized carbons (Fsp3) is 0.222. The summed E-state index contributed by atoms with van der Waals surface area (Å²) in [6.07, 6.45) is -1.15. The second-order valence-electron chi connectivity index (χ2n) is 5.36.